The Balaban J connectivity index is 2.48. The van der Waals surface area contributed by atoms with Crippen LogP contribution in [-0.2, 0) is 0 Å². The van der Waals surface area contributed by atoms with Gasteiger partial charge in [-0.25, -0.2) is 8.78 Å². The van der Waals surface area contributed by atoms with Crippen molar-refractivity contribution in [1.82, 2.24) is 9.55 Å². The number of aromatic amines is 1. The first-order valence-corrected chi connectivity index (χ1v) is 7.52. The summed E-state index contributed by atoms with van der Waals surface area (Å²) in [4.78, 5) is 2.88. The van der Waals surface area contributed by atoms with Gasteiger partial charge in [-0.1, -0.05) is 15.9 Å². The summed E-state index contributed by atoms with van der Waals surface area (Å²) < 4.78 is 30.9. The largest absolute Gasteiger partial charge is 0.330 e. The third-order valence-electron chi connectivity index (χ3n) is 2.89. The summed E-state index contributed by atoms with van der Waals surface area (Å²) in [6, 6.07) is 7.95. The van der Waals surface area contributed by atoms with E-state index in [2.05, 4.69) is 36.8 Å². The highest BCUT2D eigenvalue weighted by Gasteiger charge is 2.16. The summed E-state index contributed by atoms with van der Waals surface area (Å²) in [5, 5.41) is 0. The van der Waals surface area contributed by atoms with Crippen LogP contribution in [0.2, 0.25) is 0 Å². The molecule has 102 valence electrons. The van der Waals surface area contributed by atoms with Gasteiger partial charge in [-0.05, 0) is 58.5 Å². The van der Waals surface area contributed by atoms with Crippen LogP contribution in [0.3, 0.4) is 0 Å². The van der Waals surface area contributed by atoms with E-state index in [-0.39, 0.29) is 5.52 Å². The normalized spacial score (nSPS) is 11.2. The number of benzene rings is 2. The molecule has 0 unspecified atom stereocenters. The number of nitrogens with zero attached hydrogens (tertiary/aromatic N) is 1. The predicted molar refractivity (Wildman–Crippen MR) is 83.8 cm³/mol. The van der Waals surface area contributed by atoms with Crippen LogP contribution in [0.4, 0.5) is 8.78 Å². The highest BCUT2D eigenvalue weighted by atomic mass is 79.9. The Morgan fingerprint density at radius 1 is 1.10 bits per heavy atom. The zero-order chi connectivity index (χ0) is 14.4. The van der Waals surface area contributed by atoms with Crippen molar-refractivity contribution in [3.8, 4) is 5.69 Å². The number of H-pyrrole nitrogens is 1. The number of halogens is 4. The van der Waals surface area contributed by atoms with Crippen molar-refractivity contribution >= 4 is 55.1 Å². The van der Waals surface area contributed by atoms with Gasteiger partial charge in [0, 0.05) is 8.95 Å². The van der Waals surface area contributed by atoms with Gasteiger partial charge in [0.25, 0.3) is 0 Å². The Labute approximate surface area is 134 Å². The Morgan fingerprint density at radius 3 is 2.60 bits per heavy atom. The molecule has 7 heteroatoms. The van der Waals surface area contributed by atoms with Crippen LogP contribution in [0.25, 0.3) is 16.7 Å². The average Bonchev–Trinajstić information content (AvgIpc) is 2.74. The molecule has 2 nitrogen and oxygen atoms in total. The lowest BCUT2D eigenvalue weighted by Gasteiger charge is -2.08. The van der Waals surface area contributed by atoms with Gasteiger partial charge < -0.3 is 4.98 Å². The zero-order valence-corrected chi connectivity index (χ0v) is 13.7. The van der Waals surface area contributed by atoms with Crippen molar-refractivity contribution < 1.29 is 8.78 Å². The Morgan fingerprint density at radius 2 is 1.85 bits per heavy atom. The number of hydrogen-bond acceptors (Lipinski definition) is 1. The second-order valence-electron chi connectivity index (χ2n) is 4.12. The molecule has 0 spiro atoms. The minimum atomic E-state index is -0.929. The second-order valence-corrected chi connectivity index (χ2v) is 6.28. The average molecular weight is 420 g/mol. The van der Waals surface area contributed by atoms with Crippen molar-refractivity contribution in [2.45, 2.75) is 0 Å². The van der Waals surface area contributed by atoms with Crippen molar-refractivity contribution in [2.24, 2.45) is 0 Å². The van der Waals surface area contributed by atoms with Gasteiger partial charge in [0.1, 0.15) is 5.52 Å². The van der Waals surface area contributed by atoms with Gasteiger partial charge in [0.15, 0.2) is 16.4 Å². The fourth-order valence-electron chi connectivity index (χ4n) is 2.02. The quantitative estimate of drug-likeness (QED) is 0.517. The van der Waals surface area contributed by atoms with E-state index in [1.807, 2.05) is 6.07 Å². The molecule has 0 fully saturated rings. The van der Waals surface area contributed by atoms with Crippen LogP contribution in [0.5, 0.6) is 0 Å². The van der Waals surface area contributed by atoms with Gasteiger partial charge in [0.2, 0.25) is 0 Å². The molecule has 2 aromatic carbocycles. The maximum absolute atomic E-state index is 14.1. The van der Waals surface area contributed by atoms with Crippen LogP contribution >= 0.6 is 44.1 Å². The molecule has 0 aliphatic rings. The molecule has 3 rings (SSSR count). The molecule has 0 aliphatic heterocycles. The number of fused-ring (bicyclic) bond motifs is 1. The number of rotatable bonds is 1. The number of imidazole rings is 1. The number of hydrogen-bond donors (Lipinski definition) is 1. The summed E-state index contributed by atoms with van der Waals surface area (Å²) in [6.45, 7) is 0. The third-order valence-corrected chi connectivity index (χ3v) is 4.33. The molecule has 0 bridgehead atoms. The van der Waals surface area contributed by atoms with Gasteiger partial charge in [-0.2, -0.15) is 0 Å². The van der Waals surface area contributed by atoms with Crippen LogP contribution < -0.4 is 0 Å². The van der Waals surface area contributed by atoms with E-state index in [1.54, 1.807) is 12.1 Å². The molecule has 0 saturated carbocycles. The summed E-state index contributed by atoms with van der Waals surface area (Å²) in [7, 11) is 0. The Bertz CT molecular complexity index is 886. The van der Waals surface area contributed by atoms with E-state index in [4.69, 9.17) is 12.2 Å². The van der Waals surface area contributed by atoms with E-state index in [0.717, 1.165) is 15.0 Å². The first kappa shape index (κ1) is 13.9. The fraction of sp³-hybridized carbons (Fsp3) is 0. The van der Waals surface area contributed by atoms with E-state index in [9.17, 15) is 8.78 Å². The van der Waals surface area contributed by atoms with Crippen molar-refractivity contribution in [2.75, 3.05) is 0 Å². The summed E-state index contributed by atoms with van der Waals surface area (Å²) in [5.74, 6) is -1.84. The smallest absolute Gasteiger partial charge is 0.184 e. The lowest BCUT2D eigenvalue weighted by Crippen LogP contribution is -1.98. The molecule has 0 aliphatic carbocycles. The van der Waals surface area contributed by atoms with Gasteiger partial charge >= 0.3 is 0 Å². The minimum absolute atomic E-state index is 0.0915. The Hall–Kier alpha value is -1.05. The molecule has 0 radical (unpaired) electrons. The van der Waals surface area contributed by atoms with Gasteiger partial charge in [-0.15, -0.1) is 0 Å². The van der Waals surface area contributed by atoms with E-state index < -0.39 is 11.6 Å². The van der Waals surface area contributed by atoms with Gasteiger partial charge in [-0.3, -0.25) is 4.57 Å². The maximum Gasteiger partial charge on any atom is 0.184 e. The van der Waals surface area contributed by atoms with Crippen molar-refractivity contribution in [3.05, 3.63) is 55.7 Å². The molecular formula is C13H6Br2F2N2S. The minimum Gasteiger partial charge on any atom is -0.330 e. The number of nitrogens with one attached hydrogen (secondary N) is 1. The molecule has 1 aromatic heterocycles. The predicted octanol–water partition coefficient (Wildman–Crippen LogP) is 5.49. The standard InChI is InChI=1S/C13H6Br2F2N2S/c14-6-1-2-7(15)10(5-6)19-12-9(18-13(19)20)4-3-8(16)11(12)17/h1-5H,(H,18,20). The molecular weight excluding hydrogens is 414 g/mol. The molecule has 0 atom stereocenters. The highest BCUT2D eigenvalue weighted by Crippen LogP contribution is 2.30. The highest BCUT2D eigenvalue weighted by molar-refractivity contribution is 9.11. The second kappa shape index (κ2) is 5.05. The molecule has 20 heavy (non-hydrogen) atoms. The molecule has 0 amide bonds. The maximum atomic E-state index is 14.1. The van der Waals surface area contributed by atoms with E-state index in [0.29, 0.717) is 16.0 Å². The summed E-state index contributed by atoms with van der Waals surface area (Å²) >= 11 is 12.0. The third kappa shape index (κ3) is 2.13. The van der Waals surface area contributed by atoms with Gasteiger partial charge in [0.05, 0.1) is 11.2 Å². The first-order chi connectivity index (χ1) is 9.49. The zero-order valence-electron chi connectivity index (χ0n) is 9.75. The number of aromatic nitrogens is 2. The van der Waals surface area contributed by atoms with Crippen LogP contribution in [-0.4, -0.2) is 9.55 Å². The summed E-state index contributed by atoms with van der Waals surface area (Å²) in [5.41, 5.74) is 1.16. The SMILES string of the molecule is Fc1ccc2[nH]c(=S)n(-c3cc(Br)ccc3Br)c2c1F. The fourth-order valence-corrected chi connectivity index (χ4v) is 3.09. The van der Waals surface area contributed by atoms with E-state index in [1.165, 1.54) is 10.6 Å². The van der Waals surface area contributed by atoms with Crippen LogP contribution in [0.1, 0.15) is 0 Å². The lowest BCUT2D eigenvalue weighted by molar-refractivity contribution is 0.514. The molecule has 1 N–H and O–H groups in total. The van der Waals surface area contributed by atoms with Crippen molar-refractivity contribution in [1.29, 1.82) is 0 Å². The molecule has 0 saturated heterocycles. The Kier molecular flexibility index (Phi) is 3.51. The van der Waals surface area contributed by atoms with Crippen LogP contribution in [0, 0.1) is 16.4 Å². The monoisotopic (exact) mass is 418 g/mol. The topological polar surface area (TPSA) is 20.7 Å². The summed E-state index contributed by atoms with van der Waals surface area (Å²) in [6.07, 6.45) is 0. The van der Waals surface area contributed by atoms with Crippen molar-refractivity contribution in [3.63, 3.8) is 0 Å². The van der Waals surface area contributed by atoms with Crippen LogP contribution in [0.15, 0.2) is 39.3 Å². The first-order valence-electron chi connectivity index (χ1n) is 5.53. The van der Waals surface area contributed by atoms with E-state index >= 15 is 0 Å². The molecule has 1 heterocycles. The lowest BCUT2D eigenvalue weighted by atomic mass is 10.2. The molecule has 3 aromatic rings.